The maximum atomic E-state index is 14.0. The topological polar surface area (TPSA) is 194 Å². The number of halogens is 3. The van der Waals surface area contributed by atoms with E-state index >= 15 is 0 Å². The third-order valence-electron chi connectivity index (χ3n) is 7.88. The van der Waals surface area contributed by atoms with Gasteiger partial charge in [-0.05, 0) is 74.5 Å². The number of hydrogen-bond donors (Lipinski definition) is 1. The van der Waals surface area contributed by atoms with Gasteiger partial charge < -0.3 is 18.8 Å². The molecule has 1 atom stereocenters. The summed E-state index contributed by atoms with van der Waals surface area (Å²) < 4.78 is 81.2. The van der Waals surface area contributed by atoms with Crippen LogP contribution in [0.2, 0.25) is 0 Å². The fourth-order valence-corrected chi connectivity index (χ4v) is 5.89. The first-order chi connectivity index (χ1) is 25.8. The molecule has 1 N–H and O–H groups in total. The average molecular weight is 778 g/mol. The predicted octanol–water partition coefficient (Wildman–Crippen LogP) is 5.19. The van der Waals surface area contributed by atoms with E-state index in [0.717, 1.165) is 21.3 Å². The van der Waals surface area contributed by atoms with Crippen LogP contribution in [0.1, 0.15) is 41.6 Å². The standard InChI is InChI=1S/C30H28F3N9O3.C6H6O3S/c1-18(27-38-37-25(45-27)17-42(3,4)5)36-28(43)40-26(24-13-14-35-41(24)22-11-9-20(16-34)10-12-22)19(2)39(29(40)44)23-8-6-7-21(15-23)30(31,32)33;7-10(8,9)6-4-2-1-3-5-6/h6-15,18H,17H2,1-5H3;1-5H,(H,7,8,9). The van der Waals surface area contributed by atoms with E-state index in [2.05, 4.69) is 20.6 Å². The van der Waals surface area contributed by atoms with Crippen LogP contribution < -0.4 is 11.0 Å². The number of nitrogens with zero attached hydrogens (tertiary/aromatic N) is 8. The average Bonchev–Trinajstić information content (AvgIpc) is 3.85. The SMILES string of the molecule is Cc1c(-c2ccnn2-c2ccc(C#N)cc2)n(C(=O)NC(C)c2nnc(C[N+](C)(C)C)o2)c(=O)n1-c1cccc(C(F)(F)F)c1.O=S(=O)([O-])c1ccccc1. The zero-order valence-corrected chi connectivity index (χ0v) is 30.8. The Morgan fingerprint density at radius 2 is 1.67 bits per heavy atom. The van der Waals surface area contributed by atoms with E-state index in [9.17, 15) is 41.0 Å². The van der Waals surface area contributed by atoms with E-state index in [1.807, 2.05) is 27.2 Å². The number of nitriles is 1. The van der Waals surface area contributed by atoms with E-state index in [1.54, 1.807) is 43.3 Å². The predicted molar refractivity (Wildman–Crippen MR) is 190 cm³/mol. The number of nitrogens with one attached hydrogen (secondary N) is 1. The monoisotopic (exact) mass is 777 g/mol. The lowest BCUT2D eigenvalue weighted by molar-refractivity contribution is -0.885. The van der Waals surface area contributed by atoms with Gasteiger partial charge in [0, 0.05) is 0 Å². The van der Waals surface area contributed by atoms with Gasteiger partial charge >= 0.3 is 17.9 Å². The van der Waals surface area contributed by atoms with E-state index in [0.29, 0.717) is 33.9 Å². The quantitative estimate of drug-likeness (QED) is 0.159. The number of rotatable bonds is 8. The molecule has 6 aromatic rings. The molecule has 3 heterocycles. The van der Waals surface area contributed by atoms with Crippen molar-refractivity contribution < 1.29 is 39.8 Å². The second-order valence-corrected chi connectivity index (χ2v) is 14.5. The molecule has 55 heavy (non-hydrogen) atoms. The van der Waals surface area contributed by atoms with Crippen LogP contribution in [-0.2, 0) is 22.8 Å². The number of quaternary nitrogens is 1. The Bertz CT molecular complexity index is 2530. The Balaban J connectivity index is 0.000000504. The molecule has 286 valence electrons. The molecule has 0 bridgehead atoms. The number of alkyl halides is 3. The first kappa shape index (κ1) is 39.8. The third kappa shape index (κ3) is 9.24. The minimum atomic E-state index is -4.66. The van der Waals surface area contributed by atoms with Gasteiger partial charge in [-0.2, -0.15) is 23.5 Å². The van der Waals surface area contributed by atoms with Gasteiger partial charge in [0.15, 0.2) is 6.54 Å². The molecule has 19 heteroatoms. The molecular formula is C36H34F3N9O6S. The second-order valence-electron chi connectivity index (χ2n) is 13.1. The van der Waals surface area contributed by atoms with Crippen molar-refractivity contribution in [1.29, 1.82) is 5.26 Å². The molecule has 3 aromatic heterocycles. The summed E-state index contributed by atoms with van der Waals surface area (Å²) in [6, 6.07) is 19.8. The van der Waals surface area contributed by atoms with Crippen molar-refractivity contribution in [3.8, 4) is 28.8 Å². The van der Waals surface area contributed by atoms with Gasteiger partial charge in [0.05, 0.1) is 72.2 Å². The van der Waals surface area contributed by atoms with Crippen LogP contribution in [0.5, 0.6) is 0 Å². The largest absolute Gasteiger partial charge is 0.744 e. The molecule has 6 rings (SSSR count). The smallest absolute Gasteiger partial charge is 0.416 e. The van der Waals surface area contributed by atoms with Crippen molar-refractivity contribution in [3.05, 3.63) is 130 Å². The molecule has 0 spiro atoms. The summed E-state index contributed by atoms with van der Waals surface area (Å²) in [7, 11) is 1.59. The van der Waals surface area contributed by atoms with Crippen molar-refractivity contribution in [2.24, 2.45) is 0 Å². The summed E-state index contributed by atoms with van der Waals surface area (Å²) in [5.41, 5.74) is -0.456. The van der Waals surface area contributed by atoms with Crippen molar-refractivity contribution >= 4 is 16.1 Å². The molecule has 0 radical (unpaired) electrons. The second kappa shape index (κ2) is 15.5. The van der Waals surface area contributed by atoms with Gasteiger partial charge in [-0.3, -0.25) is 4.57 Å². The highest BCUT2D eigenvalue weighted by atomic mass is 32.2. The number of carbonyl (C=O) groups excluding carboxylic acids is 1. The molecule has 1 unspecified atom stereocenters. The molecule has 0 aliphatic rings. The number of carbonyl (C=O) groups is 1. The molecule has 0 aliphatic heterocycles. The van der Waals surface area contributed by atoms with E-state index in [1.165, 1.54) is 54.2 Å². The van der Waals surface area contributed by atoms with Crippen molar-refractivity contribution in [3.63, 3.8) is 0 Å². The van der Waals surface area contributed by atoms with Crippen LogP contribution in [0, 0.1) is 18.3 Å². The van der Waals surface area contributed by atoms with Crippen molar-refractivity contribution in [2.75, 3.05) is 21.1 Å². The van der Waals surface area contributed by atoms with Gasteiger partial charge in [-0.25, -0.2) is 27.3 Å². The van der Waals surface area contributed by atoms with Gasteiger partial charge in [0.25, 0.3) is 5.89 Å². The minimum absolute atomic E-state index is 0.0835. The summed E-state index contributed by atoms with van der Waals surface area (Å²) in [5.74, 6) is 0.465. The third-order valence-corrected chi connectivity index (χ3v) is 8.73. The molecular weight excluding hydrogens is 744 g/mol. The number of aromatic nitrogens is 6. The van der Waals surface area contributed by atoms with E-state index < -0.39 is 39.6 Å². The maximum Gasteiger partial charge on any atom is 0.416 e. The summed E-state index contributed by atoms with van der Waals surface area (Å²) in [4.78, 5) is 27.7. The fraction of sp³-hybridized carbons (Fsp3) is 0.222. The Kier molecular flexibility index (Phi) is 11.3. The minimum Gasteiger partial charge on any atom is -0.744 e. The van der Waals surface area contributed by atoms with Gasteiger partial charge in [0.1, 0.15) is 21.9 Å². The molecule has 0 saturated heterocycles. The maximum absolute atomic E-state index is 14.0. The highest BCUT2D eigenvalue weighted by Gasteiger charge is 2.32. The Morgan fingerprint density at radius 1 is 1.00 bits per heavy atom. The summed E-state index contributed by atoms with van der Waals surface area (Å²) in [6.45, 7) is 3.56. The number of hydrogen-bond acceptors (Lipinski definition) is 10. The molecule has 1 amide bonds. The van der Waals surface area contributed by atoms with Gasteiger partial charge in [0.2, 0.25) is 5.89 Å². The van der Waals surface area contributed by atoms with Crippen LogP contribution in [0.4, 0.5) is 18.0 Å². The normalized spacial score (nSPS) is 12.4. The first-order valence-electron chi connectivity index (χ1n) is 16.3. The Morgan fingerprint density at radius 3 is 2.25 bits per heavy atom. The van der Waals surface area contributed by atoms with E-state index in [-0.39, 0.29) is 27.9 Å². The Labute approximate surface area is 312 Å². The van der Waals surface area contributed by atoms with Crippen LogP contribution >= 0.6 is 0 Å². The van der Waals surface area contributed by atoms with Crippen LogP contribution in [-0.4, -0.2) is 73.7 Å². The Hall–Kier alpha value is -6.36. The van der Waals surface area contributed by atoms with Crippen LogP contribution in [0.25, 0.3) is 22.8 Å². The lowest BCUT2D eigenvalue weighted by Gasteiger charge is -2.21. The lowest BCUT2D eigenvalue weighted by Crippen LogP contribution is -2.38. The number of imidazole rings is 1. The van der Waals surface area contributed by atoms with Crippen molar-refractivity contribution in [1.82, 2.24) is 34.4 Å². The molecule has 15 nitrogen and oxygen atoms in total. The summed E-state index contributed by atoms with van der Waals surface area (Å²) in [6.07, 6.45) is -3.20. The van der Waals surface area contributed by atoms with Gasteiger partial charge in [-0.1, -0.05) is 24.3 Å². The van der Waals surface area contributed by atoms with E-state index in [4.69, 9.17) is 4.42 Å². The number of amides is 1. The summed E-state index contributed by atoms with van der Waals surface area (Å²) >= 11 is 0. The number of benzene rings is 3. The van der Waals surface area contributed by atoms with Crippen LogP contribution in [0.15, 0.2) is 105 Å². The van der Waals surface area contributed by atoms with Gasteiger partial charge in [-0.15, -0.1) is 10.2 Å². The first-order valence-corrected chi connectivity index (χ1v) is 17.7. The summed E-state index contributed by atoms with van der Waals surface area (Å²) in [5, 5.41) is 24.3. The lowest BCUT2D eigenvalue weighted by atomic mass is 10.2. The fourth-order valence-electron chi connectivity index (χ4n) is 5.40. The molecule has 0 fully saturated rings. The highest BCUT2D eigenvalue weighted by Crippen LogP contribution is 2.32. The van der Waals surface area contributed by atoms with Crippen molar-refractivity contribution in [2.45, 2.75) is 37.5 Å². The molecule has 0 aliphatic carbocycles. The molecule has 0 saturated carbocycles. The van der Waals surface area contributed by atoms with Crippen LogP contribution in [0.3, 0.4) is 0 Å². The zero-order valence-electron chi connectivity index (χ0n) is 30.0. The highest BCUT2D eigenvalue weighted by molar-refractivity contribution is 7.85. The molecule has 3 aromatic carbocycles. The zero-order chi connectivity index (χ0) is 40.3.